The molecule has 1 heterocycles. The number of anilines is 1. The molecule has 0 aliphatic heterocycles. The molecular formula is C13H15N5O4S. The SMILES string of the molecule is CNC(=O)c1ccc(S(=O)(=O)Nc2n[nH]c(C)c2C(N)=O)cc1. The average Bonchev–Trinajstić information content (AvgIpc) is 2.86. The zero-order valence-corrected chi connectivity index (χ0v) is 13.2. The summed E-state index contributed by atoms with van der Waals surface area (Å²) in [7, 11) is -2.51. The highest BCUT2D eigenvalue weighted by Crippen LogP contribution is 2.20. The smallest absolute Gasteiger partial charge is 0.263 e. The summed E-state index contributed by atoms with van der Waals surface area (Å²) < 4.78 is 26.8. The zero-order valence-electron chi connectivity index (χ0n) is 12.4. The Bertz CT molecular complexity index is 855. The molecular weight excluding hydrogens is 322 g/mol. The Labute approximate surface area is 132 Å². The molecule has 10 heteroatoms. The molecule has 122 valence electrons. The molecule has 0 bridgehead atoms. The van der Waals surface area contributed by atoms with Gasteiger partial charge >= 0.3 is 0 Å². The summed E-state index contributed by atoms with van der Waals surface area (Å²) in [6, 6.07) is 5.29. The summed E-state index contributed by atoms with van der Waals surface area (Å²) in [4.78, 5) is 22.7. The van der Waals surface area contributed by atoms with Gasteiger partial charge in [-0.2, -0.15) is 5.10 Å². The molecule has 2 rings (SSSR count). The van der Waals surface area contributed by atoms with Crippen LogP contribution in [0.4, 0.5) is 5.82 Å². The normalized spacial score (nSPS) is 11.0. The van der Waals surface area contributed by atoms with Gasteiger partial charge in [0.05, 0.1) is 4.90 Å². The summed E-state index contributed by atoms with van der Waals surface area (Å²) in [5.74, 6) is -1.31. The first-order valence-electron chi connectivity index (χ1n) is 6.46. The van der Waals surface area contributed by atoms with Gasteiger partial charge in [0, 0.05) is 18.3 Å². The molecule has 1 aromatic carbocycles. The molecule has 0 unspecified atom stereocenters. The first-order chi connectivity index (χ1) is 10.8. The highest BCUT2D eigenvalue weighted by molar-refractivity contribution is 7.92. The number of nitrogens with two attached hydrogens (primary N) is 1. The number of hydrogen-bond donors (Lipinski definition) is 4. The largest absolute Gasteiger partial charge is 0.365 e. The standard InChI is InChI=1S/C13H15N5O4S/c1-7-10(11(14)19)12(17-16-7)18-23(21,22)9-5-3-8(4-6-9)13(20)15-2/h3-6H,1-2H3,(H2,14,19)(H,15,20)(H2,16,17,18). The maximum Gasteiger partial charge on any atom is 0.263 e. The Morgan fingerprint density at radius 1 is 1.22 bits per heavy atom. The number of carbonyl (C=O) groups is 2. The van der Waals surface area contributed by atoms with Crippen molar-refractivity contribution in [3.63, 3.8) is 0 Å². The second kappa shape index (κ2) is 6.08. The molecule has 1 aromatic heterocycles. The lowest BCUT2D eigenvalue weighted by Crippen LogP contribution is -2.19. The number of sulfonamides is 1. The molecule has 0 aliphatic carbocycles. The van der Waals surface area contributed by atoms with E-state index in [1.54, 1.807) is 6.92 Å². The predicted octanol–water partition coefficient (Wildman–Crippen LogP) is -0.0226. The van der Waals surface area contributed by atoms with Crippen LogP contribution in [-0.2, 0) is 10.0 Å². The van der Waals surface area contributed by atoms with E-state index in [-0.39, 0.29) is 22.2 Å². The van der Waals surface area contributed by atoms with E-state index in [4.69, 9.17) is 5.73 Å². The second-order valence-corrected chi connectivity index (χ2v) is 6.33. The van der Waals surface area contributed by atoms with E-state index in [0.717, 1.165) is 0 Å². The molecule has 0 atom stereocenters. The van der Waals surface area contributed by atoms with Crippen molar-refractivity contribution in [3.8, 4) is 0 Å². The number of H-pyrrole nitrogens is 1. The minimum absolute atomic E-state index is 0.0319. The third-order valence-corrected chi connectivity index (χ3v) is 4.43. The Hall–Kier alpha value is -2.88. The van der Waals surface area contributed by atoms with Crippen LogP contribution in [0.3, 0.4) is 0 Å². The summed E-state index contributed by atoms with van der Waals surface area (Å²) >= 11 is 0. The van der Waals surface area contributed by atoms with Crippen LogP contribution in [0.25, 0.3) is 0 Å². The van der Waals surface area contributed by atoms with E-state index in [1.165, 1.54) is 31.3 Å². The lowest BCUT2D eigenvalue weighted by molar-refractivity contribution is 0.0961. The highest BCUT2D eigenvalue weighted by Gasteiger charge is 2.22. The number of amides is 2. The van der Waals surface area contributed by atoms with Gasteiger partial charge in [-0.15, -0.1) is 0 Å². The number of nitrogens with one attached hydrogen (secondary N) is 3. The number of rotatable bonds is 5. The second-order valence-electron chi connectivity index (χ2n) is 4.65. The molecule has 9 nitrogen and oxygen atoms in total. The summed E-state index contributed by atoms with van der Waals surface area (Å²) in [5.41, 5.74) is 5.85. The van der Waals surface area contributed by atoms with E-state index in [0.29, 0.717) is 11.3 Å². The topological polar surface area (TPSA) is 147 Å². The van der Waals surface area contributed by atoms with Gasteiger partial charge in [-0.3, -0.25) is 19.4 Å². The van der Waals surface area contributed by atoms with Gasteiger partial charge in [-0.05, 0) is 31.2 Å². The first-order valence-corrected chi connectivity index (χ1v) is 7.94. The minimum Gasteiger partial charge on any atom is -0.365 e. The molecule has 0 radical (unpaired) electrons. The lowest BCUT2D eigenvalue weighted by atomic mass is 10.2. The fraction of sp³-hybridized carbons (Fsp3) is 0.154. The van der Waals surface area contributed by atoms with Gasteiger partial charge in [0.25, 0.3) is 21.8 Å². The quantitative estimate of drug-likeness (QED) is 0.605. The Morgan fingerprint density at radius 2 is 1.83 bits per heavy atom. The third kappa shape index (κ3) is 3.31. The van der Waals surface area contributed by atoms with Crippen LogP contribution in [0.15, 0.2) is 29.2 Å². The number of aromatic amines is 1. The number of carbonyl (C=O) groups excluding carboxylic acids is 2. The molecule has 0 saturated heterocycles. The van der Waals surface area contributed by atoms with Crippen LogP contribution in [0.2, 0.25) is 0 Å². The number of primary amides is 1. The van der Waals surface area contributed by atoms with Crippen LogP contribution in [0.1, 0.15) is 26.4 Å². The van der Waals surface area contributed by atoms with Crippen molar-refractivity contribution in [1.82, 2.24) is 15.5 Å². The molecule has 5 N–H and O–H groups in total. The number of benzene rings is 1. The van der Waals surface area contributed by atoms with E-state index in [2.05, 4.69) is 20.2 Å². The first kappa shape index (κ1) is 16.5. The zero-order chi connectivity index (χ0) is 17.2. The van der Waals surface area contributed by atoms with Gasteiger partial charge < -0.3 is 11.1 Å². The Balaban J connectivity index is 2.33. The summed E-state index contributed by atoms with van der Waals surface area (Å²) in [5, 5.41) is 8.65. The van der Waals surface area contributed by atoms with Crippen LogP contribution in [-0.4, -0.2) is 37.5 Å². The fourth-order valence-corrected chi connectivity index (χ4v) is 2.93. The van der Waals surface area contributed by atoms with E-state index >= 15 is 0 Å². The van der Waals surface area contributed by atoms with Crippen LogP contribution in [0, 0.1) is 6.92 Å². The van der Waals surface area contributed by atoms with Gasteiger partial charge in [0.15, 0.2) is 5.82 Å². The van der Waals surface area contributed by atoms with Crippen molar-refractivity contribution in [3.05, 3.63) is 41.1 Å². The number of nitrogens with zero attached hydrogens (tertiary/aromatic N) is 1. The van der Waals surface area contributed by atoms with Gasteiger partial charge in [-0.25, -0.2) is 8.42 Å². The maximum absolute atomic E-state index is 12.3. The van der Waals surface area contributed by atoms with Crippen molar-refractivity contribution in [2.45, 2.75) is 11.8 Å². The van der Waals surface area contributed by atoms with E-state index < -0.39 is 15.9 Å². The molecule has 2 amide bonds. The van der Waals surface area contributed by atoms with Gasteiger partial charge in [-0.1, -0.05) is 0 Å². The molecule has 0 fully saturated rings. The average molecular weight is 337 g/mol. The maximum atomic E-state index is 12.3. The van der Waals surface area contributed by atoms with Gasteiger partial charge in [0.1, 0.15) is 5.56 Å². The van der Waals surface area contributed by atoms with Crippen molar-refractivity contribution in [2.24, 2.45) is 5.73 Å². The summed E-state index contributed by atoms with van der Waals surface area (Å²) in [6.07, 6.45) is 0. The molecule has 0 saturated carbocycles. The van der Waals surface area contributed by atoms with Crippen LogP contribution in [0.5, 0.6) is 0 Å². The van der Waals surface area contributed by atoms with Gasteiger partial charge in [0.2, 0.25) is 0 Å². The fourth-order valence-electron chi connectivity index (χ4n) is 1.92. The highest BCUT2D eigenvalue weighted by atomic mass is 32.2. The van der Waals surface area contributed by atoms with Crippen LogP contribution >= 0.6 is 0 Å². The molecule has 2 aromatic rings. The Morgan fingerprint density at radius 3 is 2.35 bits per heavy atom. The lowest BCUT2D eigenvalue weighted by Gasteiger charge is -2.07. The van der Waals surface area contributed by atoms with E-state index in [1.807, 2.05) is 0 Å². The Kier molecular flexibility index (Phi) is 4.36. The van der Waals surface area contributed by atoms with Crippen LogP contribution < -0.4 is 15.8 Å². The van der Waals surface area contributed by atoms with Crippen molar-refractivity contribution < 1.29 is 18.0 Å². The summed E-state index contributed by atoms with van der Waals surface area (Å²) in [6.45, 7) is 1.54. The van der Waals surface area contributed by atoms with Crippen molar-refractivity contribution in [2.75, 3.05) is 11.8 Å². The monoisotopic (exact) mass is 337 g/mol. The van der Waals surface area contributed by atoms with Crippen molar-refractivity contribution in [1.29, 1.82) is 0 Å². The molecule has 0 spiro atoms. The predicted molar refractivity (Wildman–Crippen MR) is 82.5 cm³/mol. The molecule has 23 heavy (non-hydrogen) atoms. The number of hydrogen-bond acceptors (Lipinski definition) is 5. The number of aryl methyl sites for hydroxylation is 1. The number of aromatic nitrogens is 2. The van der Waals surface area contributed by atoms with Crippen molar-refractivity contribution >= 4 is 27.7 Å². The molecule has 0 aliphatic rings. The minimum atomic E-state index is -3.98. The van der Waals surface area contributed by atoms with E-state index in [9.17, 15) is 18.0 Å². The third-order valence-electron chi connectivity index (χ3n) is 3.08.